The van der Waals surface area contributed by atoms with Crippen LogP contribution in [0.3, 0.4) is 0 Å². The fraction of sp³-hybridized carbons (Fsp3) is 0.783. The molecular formula is C23H45N3O4. The summed E-state index contributed by atoms with van der Waals surface area (Å²) in [5.41, 5.74) is -0.452. The Morgan fingerprint density at radius 2 is 1.43 bits per heavy atom. The van der Waals surface area contributed by atoms with E-state index in [1.807, 2.05) is 46.7 Å². The quantitative estimate of drug-likeness (QED) is 0.522. The van der Waals surface area contributed by atoms with Gasteiger partial charge in [0.2, 0.25) is 11.8 Å². The van der Waals surface area contributed by atoms with E-state index in [9.17, 15) is 14.4 Å². The molecule has 176 valence electrons. The first-order valence-corrected chi connectivity index (χ1v) is 10.8. The smallest absolute Gasteiger partial charge is 0.331 e. The fourth-order valence-electron chi connectivity index (χ4n) is 3.10. The average Bonchev–Trinajstić information content (AvgIpc) is 2.63. The highest BCUT2D eigenvalue weighted by molar-refractivity contribution is 5.90. The zero-order valence-electron chi connectivity index (χ0n) is 21.0. The van der Waals surface area contributed by atoms with Gasteiger partial charge in [-0.25, -0.2) is 4.79 Å². The maximum atomic E-state index is 12.7. The maximum Gasteiger partial charge on any atom is 0.331 e. The SMILES string of the molecule is CC(C)C.CCC(CC)(C(=O)NCC(=O)N(C)[C@H](/C=C(\C)C(=O)O)C(C)C)N(C)C. The highest BCUT2D eigenvalue weighted by Gasteiger charge is 2.37. The summed E-state index contributed by atoms with van der Waals surface area (Å²) in [4.78, 5) is 39.6. The summed E-state index contributed by atoms with van der Waals surface area (Å²) >= 11 is 0. The van der Waals surface area contributed by atoms with Gasteiger partial charge in [0.1, 0.15) is 0 Å². The van der Waals surface area contributed by atoms with Crippen LogP contribution >= 0.6 is 0 Å². The Morgan fingerprint density at radius 1 is 1.00 bits per heavy atom. The summed E-state index contributed by atoms with van der Waals surface area (Å²) in [7, 11) is 5.34. The number of carboxylic acids is 1. The fourth-order valence-corrected chi connectivity index (χ4v) is 3.10. The van der Waals surface area contributed by atoms with Gasteiger partial charge in [0.15, 0.2) is 0 Å². The minimum Gasteiger partial charge on any atom is -0.478 e. The molecule has 2 N–H and O–H groups in total. The molecule has 7 nitrogen and oxygen atoms in total. The molecule has 0 aromatic heterocycles. The van der Waals surface area contributed by atoms with E-state index < -0.39 is 11.5 Å². The first-order chi connectivity index (χ1) is 13.7. The molecule has 0 fully saturated rings. The summed E-state index contributed by atoms with van der Waals surface area (Å²) in [5, 5.41) is 11.8. The van der Waals surface area contributed by atoms with Crippen LogP contribution in [-0.4, -0.2) is 72.0 Å². The molecule has 0 saturated carbocycles. The number of carboxylic acid groups (broad SMARTS) is 1. The van der Waals surface area contributed by atoms with E-state index in [1.165, 1.54) is 11.8 Å². The van der Waals surface area contributed by atoms with Crippen LogP contribution in [0.2, 0.25) is 0 Å². The monoisotopic (exact) mass is 427 g/mol. The van der Waals surface area contributed by atoms with Crippen molar-refractivity contribution in [3.8, 4) is 0 Å². The Balaban J connectivity index is 0. The zero-order valence-corrected chi connectivity index (χ0v) is 21.0. The molecule has 0 saturated heterocycles. The summed E-state index contributed by atoms with van der Waals surface area (Å²) in [6.07, 6.45) is 2.86. The Bertz CT molecular complexity index is 576. The number of carbonyl (C=O) groups excluding carboxylic acids is 2. The standard InChI is InChI=1S/C19H35N3O4.C4H10/c1-9-19(10-2,21(6)7)18(26)20-12-16(23)22(8)15(13(3)4)11-14(5)17(24)25;1-4(2)3/h11,13,15H,9-10,12H2,1-8H3,(H,20,26)(H,24,25);4H,1-3H3/b14-11+;/t15-;/m1./s1. The van der Waals surface area contributed by atoms with E-state index in [-0.39, 0.29) is 35.9 Å². The van der Waals surface area contributed by atoms with E-state index in [1.54, 1.807) is 13.1 Å². The van der Waals surface area contributed by atoms with E-state index >= 15 is 0 Å². The Labute approximate surface area is 183 Å². The van der Waals surface area contributed by atoms with Crippen LogP contribution in [0.25, 0.3) is 0 Å². The van der Waals surface area contributed by atoms with Crippen molar-refractivity contribution < 1.29 is 19.5 Å². The number of likely N-dealkylation sites (N-methyl/N-ethyl adjacent to an activating group) is 2. The predicted octanol–water partition coefficient (Wildman–Crippen LogP) is 3.40. The third-order valence-electron chi connectivity index (χ3n) is 5.13. The van der Waals surface area contributed by atoms with Crippen molar-refractivity contribution in [2.75, 3.05) is 27.7 Å². The van der Waals surface area contributed by atoms with Gasteiger partial charge in [-0.2, -0.15) is 0 Å². The molecule has 2 amide bonds. The number of hydrogen-bond acceptors (Lipinski definition) is 4. The molecule has 0 aromatic rings. The Kier molecular flexibility index (Phi) is 14.3. The second kappa shape index (κ2) is 14.2. The van der Waals surface area contributed by atoms with Crippen LogP contribution in [-0.2, 0) is 14.4 Å². The largest absolute Gasteiger partial charge is 0.478 e. The molecule has 0 aromatic carbocycles. The molecule has 0 bridgehead atoms. The summed E-state index contributed by atoms with van der Waals surface area (Å²) < 4.78 is 0. The minimum atomic E-state index is -1.01. The number of hydrogen-bond donors (Lipinski definition) is 2. The van der Waals surface area contributed by atoms with Gasteiger partial charge in [0.25, 0.3) is 0 Å². The molecular weight excluding hydrogens is 382 g/mol. The van der Waals surface area contributed by atoms with Gasteiger partial charge in [0, 0.05) is 12.6 Å². The second-order valence-electron chi connectivity index (χ2n) is 8.94. The lowest BCUT2D eigenvalue weighted by Crippen LogP contribution is -2.57. The van der Waals surface area contributed by atoms with Crippen molar-refractivity contribution in [2.45, 2.75) is 79.8 Å². The van der Waals surface area contributed by atoms with E-state index in [0.717, 1.165) is 5.92 Å². The number of amides is 2. The number of aliphatic carboxylic acids is 1. The van der Waals surface area contributed by atoms with Gasteiger partial charge in [-0.05, 0) is 45.7 Å². The Morgan fingerprint density at radius 3 is 1.73 bits per heavy atom. The van der Waals surface area contributed by atoms with Gasteiger partial charge in [-0.15, -0.1) is 0 Å². The van der Waals surface area contributed by atoms with Crippen molar-refractivity contribution in [3.63, 3.8) is 0 Å². The lowest BCUT2D eigenvalue weighted by molar-refractivity contribution is -0.137. The van der Waals surface area contributed by atoms with Crippen molar-refractivity contribution in [2.24, 2.45) is 11.8 Å². The van der Waals surface area contributed by atoms with Crippen molar-refractivity contribution in [1.29, 1.82) is 0 Å². The van der Waals surface area contributed by atoms with Crippen molar-refractivity contribution in [3.05, 3.63) is 11.6 Å². The molecule has 0 rings (SSSR count). The van der Waals surface area contributed by atoms with Crippen LogP contribution in [0.4, 0.5) is 0 Å². The van der Waals surface area contributed by atoms with E-state index in [4.69, 9.17) is 5.11 Å². The van der Waals surface area contributed by atoms with Gasteiger partial charge in [0.05, 0.1) is 18.1 Å². The lowest BCUT2D eigenvalue weighted by Gasteiger charge is -2.37. The zero-order chi connectivity index (χ0) is 24.2. The van der Waals surface area contributed by atoms with Crippen molar-refractivity contribution >= 4 is 17.8 Å². The Hall–Kier alpha value is -1.89. The normalized spacial score (nSPS) is 13.1. The molecule has 0 aliphatic heterocycles. The van der Waals surface area contributed by atoms with E-state index in [0.29, 0.717) is 12.8 Å². The van der Waals surface area contributed by atoms with Crippen LogP contribution in [0, 0.1) is 11.8 Å². The van der Waals surface area contributed by atoms with Crippen LogP contribution in [0.15, 0.2) is 11.6 Å². The number of rotatable bonds is 10. The topological polar surface area (TPSA) is 90.0 Å². The summed E-state index contributed by atoms with van der Waals surface area (Å²) in [6.45, 7) is 15.6. The third kappa shape index (κ3) is 9.74. The average molecular weight is 428 g/mol. The molecule has 0 unspecified atom stereocenters. The van der Waals surface area contributed by atoms with Crippen LogP contribution in [0.5, 0.6) is 0 Å². The van der Waals surface area contributed by atoms with Gasteiger partial charge < -0.3 is 15.3 Å². The minimum absolute atomic E-state index is 0.0427. The van der Waals surface area contributed by atoms with Crippen molar-refractivity contribution in [1.82, 2.24) is 15.1 Å². The van der Waals surface area contributed by atoms with E-state index in [2.05, 4.69) is 26.1 Å². The van der Waals surface area contributed by atoms with Crippen LogP contribution < -0.4 is 5.32 Å². The first kappa shape index (κ1) is 30.3. The molecule has 0 aliphatic rings. The second-order valence-corrected chi connectivity index (χ2v) is 8.94. The number of nitrogens with one attached hydrogen (secondary N) is 1. The first-order valence-electron chi connectivity index (χ1n) is 10.8. The van der Waals surface area contributed by atoms with Gasteiger partial charge in [-0.1, -0.05) is 54.5 Å². The van der Waals surface area contributed by atoms with Gasteiger partial charge in [-0.3, -0.25) is 14.5 Å². The highest BCUT2D eigenvalue weighted by atomic mass is 16.4. The molecule has 30 heavy (non-hydrogen) atoms. The number of carbonyl (C=O) groups is 3. The summed E-state index contributed by atoms with van der Waals surface area (Å²) in [6, 6.07) is -0.355. The maximum absolute atomic E-state index is 12.7. The molecule has 0 radical (unpaired) electrons. The molecule has 7 heteroatoms. The van der Waals surface area contributed by atoms with Gasteiger partial charge >= 0.3 is 5.97 Å². The lowest BCUT2D eigenvalue weighted by atomic mass is 9.90. The summed E-state index contributed by atoms with van der Waals surface area (Å²) in [5.74, 6) is -0.563. The molecule has 1 atom stereocenters. The third-order valence-corrected chi connectivity index (χ3v) is 5.13. The van der Waals surface area contributed by atoms with Crippen LogP contribution in [0.1, 0.15) is 68.2 Å². The molecule has 0 aliphatic carbocycles. The number of nitrogens with zero attached hydrogens (tertiary/aromatic N) is 2. The molecule has 0 heterocycles. The highest BCUT2D eigenvalue weighted by Crippen LogP contribution is 2.21. The molecule has 0 spiro atoms. The predicted molar refractivity (Wildman–Crippen MR) is 123 cm³/mol.